The molecule has 0 saturated carbocycles. The Balaban J connectivity index is 1.72. The van der Waals surface area contributed by atoms with Crippen LogP contribution in [0.2, 0.25) is 5.02 Å². The molecule has 1 aromatic carbocycles. The Morgan fingerprint density at radius 2 is 2.04 bits per heavy atom. The zero-order valence-corrected chi connectivity index (χ0v) is 15.3. The summed E-state index contributed by atoms with van der Waals surface area (Å²) in [5, 5.41) is 13.8. The summed E-state index contributed by atoms with van der Waals surface area (Å²) in [6.07, 6.45) is 2.54. The quantitative estimate of drug-likeness (QED) is 0.866. The molecule has 26 heavy (non-hydrogen) atoms. The maximum absolute atomic E-state index is 12.8. The van der Waals surface area contributed by atoms with Gasteiger partial charge in [-0.25, -0.2) is 9.67 Å². The van der Waals surface area contributed by atoms with Gasteiger partial charge in [0.2, 0.25) is 5.82 Å². The first-order valence-corrected chi connectivity index (χ1v) is 9.02. The van der Waals surface area contributed by atoms with Gasteiger partial charge in [-0.2, -0.15) is 0 Å². The van der Waals surface area contributed by atoms with E-state index in [1.165, 1.54) is 0 Å². The molecule has 2 heterocycles. The number of aryl methyl sites for hydroxylation is 1. The van der Waals surface area contributed by atoms with Gasteiger partial charge in [-0.05, 0) is 56.4 Å². The van der Waals surface area contributed by atoms with Gasteiger partial charge in [0.1, 0.15) is 5.82 Å². The van der Waals surface area contributed by atoms with Gasteiger partial charge < -0.3 is 10.0 Å². The van der Waals surface area contributed by atoms with Crippen LogP contribution in [0.15, 0.2) is 24.3 Å². The van der Waals surface area contributed by atoms with Gasteiger partial charge in [0.15, 0.2) is 0 Å². The highest BCUT2D eigenvalue weighted by molar-refractivity contribution is 6.30. The molecular formula is C18H21ClN4O3. The fraction of sp³-hybridized carbons (Fsp3) is 0.444. The average Bonchev–Trinajstić information content (AvgIpc) is 3.02. The highest BCUT2D eigenvalue weighted by Crippen LogP contribution is 2.22. The SMILES string of the molecule is Cc1nc(C(=O)N2CCCC(CCC(=O)O)C2)nn1-c1ccc(Cl)cc1. The van der Waals surface area contributed by atoms with E-state index in [1.54, 1.807) is 28.6 Å². The molecule has 8 heteroatoms. The van der Waals surface area contributed by atoms with Crippen LogP contribution in [0, 0.1) is 12.8 Å². The molecule has 1 aliphatic heterocycles. The number of nitrogens with zero attached hydrogens (tertiary/aromatic N) is 4. The van der Waals surface area contributed by atoms with Crippen LogP contribution in [-0.2, 0) is 4.79 Å². The number of carboxylic acid groups (broad SMARTS) is 1. The Morgan fingerprint density at radius 1 is 1.31 bits per heavy atom. The lowest BCUT2D eigenvalue weighted by Gasteiger charge is -2.31. The van der Waals surface area contributed by atoms with Crippen molar-refractivity contribution in [1.82, 2.24) is 19.7 Å². The molecular weight excluding hydrogens is 356 g/mol. The Kier molecular flexibility index (Phi) is 5.56. The molecule has 0 spiro atoms. The Hall–Kier alpha value is -2.41. The number of halogens is 1. The van der Waals surface area contributed by atoms with Crippen molar-refractivity contribution in [2.24, 2.45) is 5.92 Å². The predicted octanol–water partition coefficient (Wildman–Crippen LogP) is 2.95. The molecule has 1 amide bonds. The van der Waals surface area contributed by atoms with E-state index in [0.717, 1.165) is 18.5 Å². The van der Waals surface area contributed by atoms with Gasteiger partial charge in [0.25, 0.3) is 5.91 Å². The van der Waals surface area contributed by atoms with Crippen LogP contribution in [0.3, 0.4) is 0 Å². The van der Waals surface area contributed by atoms with Crippen molar-refractivity contribution in [3.05, 3.63) is 40.9 Å². The van der Waals surface area contributed by atoms with Crippen molar-refractivity contribution in [1.29, 1.82) is 0 Å². The lowest BCUT2D eigenvalue weighted by molar-refractivity contribution is -0.137. The van der Waals surface area contributed by atoms with Gasteiger partial charge in [-0.1, -0.05) is 11.6 Å². The molecule has 1 atom stereocenters. The summed E-state index contributed by atoms with van der Waals surface area (Å²) in [6, 6.07) is 7.16. The summed E-state index contributed by atoms with van der Waals surface area (Å²) < 4.78 is 1.62. The number of carboxylic acids is 1. The minimum absolute atomic E-state index is 0.134. The van der Waals surface area contributed by atoms with Crippen LogP contribution in [0.5, 0.6) is 0 Å². The molecule has 1 aromatic heterocycles. The number of hydrogen-bond acceptors (Lipinski definition) is 4. The number of aromatic nitrogens is 3. The Morgan fingerprint density at radius 3 is 2.73 bits per heavy atom. The van der Waals surface area contributed by atoms with E-state index in [9.17, 15) is 9.59 Å². The van der Waals surface area contributed by atoms with Crippen molar-refractivity contribution >= 4 is 23.5 Å². The summed E-state index contributed by atoms with van der Waals surface area (Å²) in [6.45, 7) is 3.00. The van der Waals surface area contributed by atoms with Crippen LogP contribution in [0.1, 0.15) is 42.1 Å². The zero-order chi connectivity index (χ0) is 18.7. The average molecular weight is 377 g/mol. The van der Waals surface area contributed by atoms with Crippen LogP contribution in [0.4, 0.5) is 0 Å². The lowest BCUT2D eigenvalue weighted by Crippen LogP contribution is -2.40. The second kappa shape index (κ2) is 7.86. The van der Waals surface area contributed by atoms with Gasteiger partial charge in [0, 0.05) is 24.5 Å². The van der Waals surface area contributed by atoms with E-state index >= 15 is 0 Å². The van der Waals surface area contributed by atoms with E-state index in [4.69, 9.17) is 16.7 Å². The fourth-order valence-corrected chi connectivity index (χ4v) is 3.39. The number of benzene rings is 1. The van der Waals surface area contributed by atoms with Crippen LogP contribution < -0.4 is 0 Å². The summed E-state index contributed by atoms with van der Waals surface area (Å²) >= 11 is 5.91. The topological polar surface area (TPSA) is 88.3 Å². The third-order valence-electron chi connectivity index (χ3n) is 4.60. The standard InChI is InChI=1S/C18H21ClN4O3/c1-12-20-17(21-23(12)15-7-5-14(19)6-8-15)18(26)22-10-2-3-13(11-22)4-9-16(24)25/h5-8,13H,2-4,9-11H2,1H3,(H,24,25). The molecule has 1 fully saturated rings. The fourth-order valence-electron chi connectivity index (χ4n) is 3.26. The Labute approximate surface area is 156 Å². The van der Waals surface area contributed by atoms with Crippen LogP contribution >= 0.6 is 11.6 Å². The molecule has 0 bridgehead atoms. The number of likely N-dealkylation sites (tertiary alicyclic amines) is 1. The molecule has 0 aliphatic carbocycles. The Bertz CT molecular complexity index is 803. The number of carbonyl (C=O) groups is 2. The minimum Gasteiger partial charge on any atom is -0.481 e. The van der Waals surface area contributed by atoms with Crippen molar-refractivity contribution < 1.29 is 14.7 Å². The van der Waals surface area contributed by atoms with E-state index in [-0.39, 0.29) is 24.1 Å². The summed E-state index contributed by atoms with van der Waals surface area (Å²) in [5.74, 6) is -0.0111. The highest BCUT2D eigenvalue weighted by atomic mass is 35.5. The zero-order valence-electron chi connectivity index (χ0n) is 14.6. The second-order valence-corrected chi connectivity index (χ2v) is 7.00. The molecule has 1 saturated heterocycles. The lowest BCUT2D eigenvalue weighted by atomic mass is 9.93. The van der Waals surface area contributed by atoms with Gasteiger partial charge in [0.05, 0.1) is 5.69 Å². The summed E-state index contributed by atoms with van der Waals surface area (Å²) in [4.78, 5) is 29.6. The third kappa shape index (κ3) is 4.22. The van der Waals surface area contributed by atoms with Gasteiger partial charge in [-0.15, -0.1) is 5.10 Å². The first-order chi connectivity index (χ1) is 12.4. The van der Waals surface area contributed by atoms with E-state index < -0.39 is 5.97 Å². The van der Waals surface area contributed by atoms with Crippen molar-refractivity contribution in [3.8, 4) is 5.69 Å². The minimum atomic E-state index is -0.799. The molecule has 1 unspecified atom stereocenters. The van der Waals surface area contributed by atoms with Crippen molar-refractivity contribution in [2.75, 3.05) is 13.1 Å². The first kappa shape index (κ1) is 18.4. The number of aliphatic carboxylic acids is 1. The molecule has 1 N–H and O–H groups in total. The van der Waals surface area contributed by atoms with Gasteiger partial charge in [-0.3, -0.25) is 9.59 Å². The first-order valence-electron chi connectivity index (χ1n) is 8.64. The number of hydrogen-bond donors (Lipinski definition) is 1. The van der Waals surface area contributed by atoms with Crippen molar-refractivity contribution in [3.63, 3.8) is 0 Å². The van der Waals surface area contributed by atoms with Crippen LogP contribution in [-0.4, -0.2) is 49.7 Å². The molecule has 138 valence electrons. The predicted molar refractivity (Wildman–Crippen MR) is 96.6 cm³/mol. The molecule has 3 rings (SSSR count). The maximum atomic E-state index is 12.8. The monoisotopic (exact) mass is 376 g/mol. The highest BCUT2D eigenvalue weighted by Gasteiger charge is 2.27. The molecule has 0 radical (unpaired) electrons. The van der Waals surface area contributed by atoms with E-state index in [0.29, 0.717) is 30.4 Å². The number of rotatable bonds is 5. The normalized spacial score (nSPS) is 17.3. The molecule has 2 aromatic rings. The third-order valence-corrected chi connectivity index (χ3v) is 4.86. The number of carbonyl (C=O) groups excluding carboxylic acids is 1. The number of piperidine rings is 1. The largest absolute Gasteiger partial charge is 0.481 e. The van der Waals surface area contributed by atoms with E-state index in [2.05, 4.69) is 10.1 Å². The van der Waals surface area contributed by atoms with Crippen LogP contribution in [0.25, 0.3) is 5.69 Å². The molecule has 7 nitrogen and oxygen atoms in total. The second-order valence-electron chi connectivity index (χ2n) is 6.56. The van der Waals surface area contributed by atoms with Gasteiger partial charge >= 0.3 is 5.97 Å². The number of amides is 1. The summed E-state index contributed by atoms with van der Waals surface area (Å²) in [5.41, 5.74) is 0.788. The maximum Gasteiger partial charge on any atom is 0.303 e. The molecule has 1 aliphatic rings. The summed E-state index contributed by atoms with van der Waals surface area (Å²) in [7, 11) is 0. The smallest absolute Gasteiger partial charge is 0.303 e. The van der Waals surface area contributed by atoms with E-state index in [1.807, 2.05) is 12.1 Å². The van der Waals surface area contributed by atoms with Crippen molar-refractivity contribution in [2.45, 2.75) is 32.6 Å².